The van der Waals surface area contributed by atoms with Crippen molar-refractivity contribution in [2.45, 2.75) is 13.1 Å². The van der Waals surface area contributed by atoms with Crippen LogP contribution in [0.3, 0.4) is 0 Å². The molecule has 46 heavy (non-hydrogen) atoms. The third kappa shape index (κ3) is 6.54. The molecular weight excluding hydrogens is 629 g/mol. The number of anilines is 1. The zero-order valence-electron chi connectivity index (χ0n) is 25.1. The van der Waals surface area contributed by atoms with Crippen molar-refractivity contribution in [3.05, 3.63) is 60.2 Å². The zero-order valence-corrected chi connectivity index (χ0v) is 26.0. The van der Waals surface area contributed by atoms with Crippen LogP contribution in [-0.2, 0) is 11.0 Å². The molecule has 11 nitrogen and oxygen atoms in total. The summed E-state index contributed by atoms with van der Waals surface area (Å²) < 4.78 is 68.4. The first kappa shape index (κ1) is 32.1. The van der Waals surface area contributed by atoms with E-state index in [9.17, 15) is 22.8 Å². The highest BCUT2D eigenvalue weighted by Gasteiger charge is 2.31. The number of amides is 1. The maximum Gasteiger partial charge on any atom is 0.416 e. The molecule has 5 aromatic rings. The highest BCUT2D eigenvalue weighted by molar-refractivity contribution is 7.22. The van der Waals surface area contributed by atoms with Crippen LogP contribution in [0.15, 0.2) is 54.6 Å². The Kier molecular flexibility index (Phi) is 9.05. The van der Waals surface area contributed by atoms with Crippen molar-refractivity contribution in [2.24, 2.45) is 0 Å². The van der Waals surface area contributed by atoms with Gasteiger partial charge in [-0.3, -0.25) is 14.9 Å². The normalized spacial score (nSPS) is 11.3. The minimum atomic E-state index is -4.51. The van der Waals surface area contributed by atoms with E-state index in [1.54, 1.807) is 36.4 Å². The molecule has 0 fully saturated rings. The molecule has 2 heterocycles. The van der Waals surface area contributed by atoms with Gasteiger partial charge in [-0.15, -0.1) is 0 Å². The molecule has 0 radical (unpaired) electrons. The van der Waals surface area contributed by atoms with Crippen molar-refractivity contribution < 1.29 is 46.4 Å². The van der Waals surface area contributed by atoms with E-state index in [0.717, 1.165) is 23.5 Å². The number of ether oxygens (including phenoxy) is 5. The molecule has 0 bridgehead atoms. The maximum absolute atomic E-state index is 13.1. The van der Waals surface area contributed by atoms with E-state index in [-0.39, 0.29) is 22.3 Å². The van der Waals surface area contributed by atoms with Gasteiger partial charge in [0.1, 0.15) is 0 Å². The van der Waals surface area contributed by atoms with Crippen LogP contribution >= 0.6 is 11.3 Å². The SMILES string of the molecule is COc1ccc(-c2cc(-c3cc(OC)c(OC)c(OC)c3)nn2C(C)=O)cc1OCC(=O)Nc1nc2cc(C(F)(F)F)ccc2s1. The number of carbonyl (C=O) groups excluding carboxylic acids is 2. The predicted octanol–water partition coefficient (Wildman–Crippen LogP) is 6.56. The second-order valence-corrected chi connectivity index (χ2v) is 10.7. The monoisotopic (exact) mass is 656 g/mol. The van der Waals surface area contributed by atoms with Gasteiger partial charge in [0.05, 0.1) is 55.6 Å². The number of nitrogens with one attached hydrogen (secondary N) is 1. The fourth-order valence-electron chi connectivity index (χ4n) is 4.60. The number of nitrogens with zero attached hydrogens (tertiary/aromatic N) is 3. The second kappa shape index (κ2) is 13.0. The fraction of sp³-hybridized carbons (Fsp3) is 0.226. The largest absolute Gasteiger partial charge is 0.493 e. The molecule has 1 N–H and O–H groups in total. The van der Waals surface area contributed by atoms with Crippen molar-refractivity contribution in [1.29, 1.82) is 0 Å². The van der Waals surface area contributed by atoms with Gasteiger partial charge in [0.2, 0.25) is 11.7 Å². The van der Waals surface area contributed by atoms with E-state index in [1.165, 1.54) is 46.1 Å². The lowest BCUT2D eigenvalue weighted by Crippen LogP contribution is -2.20. The maximum atomic E-state index is 13.1. The molecule has 0 unspecified atom stereocenters. The fourth-order valence-corrected chi connectivity index (χ4v) is 5.46. The summed E-state index contributed by atoms with van der Waals surface area (Å²) in [6, 6.07) is 13.2. The lowest BCUT2D eigenvalue weighted by Gasteiger charge is -2.13. The Bertz CT molecular complexity index is 1910. The van der Waals surface area contributed by atoms with Gasteiger partial charge in [0.25, 0.3) is 5.91 Å². The first-order valence-corrected chi connectivity index (χ1v) is 14.3. The minimum Gasteiger partial charge on any atom is -0.493 e. The average molecular weight is 657 g/mol. The van der Waals surface area contributed by atoms with Gasteiger partial charge >= 0.3 is 6.18 Å². The van der Waals surface area contributed by atoms with Crippen molar-refractivity contribution in [1.82, 2.24) is 14.8 Å². The molecule has 0 saturated heterocycles. The van der Waals surface area contributed by atoms with Crippen molar-refractivity contribution in [3.63, 3.8) is 0 Å². The number of halogens is 3. The summed E-state index contributed by atoms with van der Waals surface area (Å²) in [6.45, 7) is 0.902. The van der Waals surface area contributed by atoms with Crippen LogP contribution in [0.1, 0.15) is 17.3 Å². The van der Waals surface area contributed by atoms with E-state index >= 15 is 0 Å². The standard InChI is InChI=1S/C31H27F3N4O7S/c1-16(39)38-22(14-20(37-38)18-11-25(42-3)29(44-5)26(12-18)43-4)17-6-8-23(41-2)24(10-17)45-15-28(40)36-30-35-21-13-19(31(32,33)34)7-9-27(21)46-30/h6-14H,15H2,1-5H3,(H,35,36,40). The first-order chi connectivity index (χ1) is 21.9. The van der Waals surface area contributed by atoms with Crippen LogP contribution in [-0.4, -0.2) is 61.6 Å². The highest BCUT2D eigenvalue weighted by atomic mass is 32.1. The summed E-state index contributed by atoms with van der Waals surface area (Å²) in [4.78, 5) is 29.4. The van der Waals surface area contributed by atoms with Gasteiger partial charge < -0.3 is 23.7 Å². The van der Waals surface area contributed by atoms with E-state index in [1.807, 2.05) is 0 Å². The molecule has 0 aliphatic heterocycles. The summed E-state index contributed by atoms with van der Waals surface area (Å²) in [7, 11) is 5.91. The quantitative estimate of drug-likeness (QED) is 0.178. The van der Waals surface area contributed by atoms with E-state index in [0.29, 0.717) is 50.2 Å². The Morgan fingerprint density at radius 3 is 2.13 bits per heavy atom. The third-order valence-corrected chi connectivity index (χ3v) is 7.70. The molecule has 3 aromatic carbocycles. The van der Waals surface area contributed by atoms with Gasteiger partial charge in [0.15, 0.2) is 34.7 Å². The van der Waals surface area contributed by atoms with Crippen LogP contribution in [0.25, 0.3) is 32.7 Å². The number of hydrogen-bond acceptors (Lipinski definition) is 10. The first-order valence-electron chi connectivity index (χ1n) is 13.5. The zero-order chi connectivity index (χ0) is 33.2. The van der Waals surface area contributed by atoms with E-state index in [2.05, 4.69) is 15.4 Å². The molecule has 2 aromatic heterocycles. The number of aromatic nitrogens is 3. The van der Waals surface area contributed by atoms with Gasteiger partial charge in [-0.05, 0) is 54.6 Å². The number of fused-ring (bicyclic) bond motifs is 1. The molecule has 240 valence electrons. The van der Waals surface area contributed by atoms with Crippen LogP contribution in [0.2, 0.25) is 0 Å². The summed E-state index contributed by atoms with van der Waals surface area (Å²) in [5, 5.41) is 7.17. The molecule has 0 aliphatic rings. The topological polar surface area (TPSA) is 123 Å². The number of alkyl halides is 3. The number of carbonyl (C=O) groups is 2. The Hall–Kier alpha value is -5.31. The van der Waals surface area contributed by atoms with Gasteiger partial charge in [-0.25, -0.2) is 4.98 Å². The second-order valence-electron chi connectivity index (χ2n) is 9.66. The lowest BCUT2D eigenvalue weighted by atomic mass is 10.1. The van der Waals surface area contributed by atoms with Crippen molar-refractivity contribution >= 4 is 38.5 Å². The smallest absolute Gasteiger partial charge is 0.416 e. The molecule has 0 aliphatic carbocycles. The number of thiazole rings is 1. The Morgan fingerprint density at radius 2 is 1.52 bits per heavy atom. The van der Waals surface area contributed by atoms with Crippen LogP contribution < -0.4 is 29.0 Å². The number of methoxy groups -OCH3 is 4. The lowest BCUT2D eigenvalue weighted by molar-refractivity contribution is -0.137. The molecule has 0 spiro atoms. The summed E-state index contributed by atoms with van der Waals surface area (Å²) in [5.74, 6) is 0.775. The van der Waals surface area contributed by atoms with Crippen LogP contribution in [0.4, 0.5) is 18.3 Å². The van der Waals surface area contributed by atoms with Gasteiger partial charge in [-0.1, -0.05) is 11.3 Å². The third-order valence-electron chi connectivity index (χ3n) is 6.75. The van der Waals surface area contributed by atoms with E-state index < -0.39 is 24.3 Å². The van der Waals surface area contributed by atoms with Crippen LogP contribution in [0, 0.1) is 0 Å². The van der Waals surface area contributed by atoms with Crippen molar-refractivity contribution in [2.75, 3.05) is 40.4 Å². The number of benzene rings is 3. The Balaban J connectivity index is 1.39. The van der Waals surface area contributed by atoms with Gasteiger partial charge in [-0.2, -0.15) is 23.0 Å². The molecular formula is C31H27F3N4O7S. The van der Waals surface area contributed by atoms with Crippen LogP contribution in [0.5, 0.6) is 28.7 Å². The average Bonchev–Trinajstić information content (AvgIpc) is 3.66. The molecule has 1 amide bonds. The van der Waals surface area contributed by atoms with Gasteiger partial charge in [0, 0.05) is 18.1 Å². The predicted molar refractivity (Wildman–Crippen MR) is 164 cm³/mol. The van der Waals surface area contributed by atoms with E-state index in [4.69, 9.17) is 23.7 Å². The Labute approximate surface area is 264 Å². The molecule has 0 atom stereocenters. The highest BCUT2D eigenvalue weighted by Crippen LogP contribution is 2.42. The summed E-state index contributed by atoms with van der Waals surface area (Å²) >= 11 is 1.03. The Morgan fingerprint density at radius 1 is 0.848 bits per heavy atom. The molecule has 15 heteroatoms. The van der Waals surface area contributed by atoms with Crippen molar-refractivity contribution in [3.8, 4) is 51.3 Å². The molecule has 0 saturated carbocycles. The molecule has 5 rings (SSSR count). The summed E-state index contributed by atoms with van der Waals surface area (Å²) in [6.07, 6.45) is -4.51. The number of hydrogen-bond donors (Lipinski definition) is 1. The minimum absolute atomic E-state index is 0.110. The number of rotatable bonds is 10. The summed E-state index contributed by atoms with van der Waals surface area (Å²) in [5.41, 5.74) is 1.28.